The van der Waals surface area contributed by atoms with Gasteiger partial charge in [0.05, 0.1) is 4.87 Å². The molecule has 1 aromatic carbocycles. The van der Waals surface area contributed by atoms with Gasteiger partial charge in [0.15, 0.2) is 11.5 Å². The summed E-state index contributed by atoms with van der Waals surface area (Å²) < 4.78 is 5.92. The minimum absolute atomic E-state index is 0.109. The Hall–Kier alpha value is -2.02. The number of hydrogen-bond acceptors (Lipinski definition) is 5. The minimum atomic E-state index is -0.295. The van der Waals surface area contributed by atoms with E-state index in [2.05, 4.69) is 11.9 Å². The van der Waals surface area contributed by atoms with Crippen LogP contribution in [0.15, 0.2) is 28.7 Å². The fraction of sp³-hybridized carbons (Fsp3) is 0.550. The molecule has 3 saturated heterocycles. The van der Waals surface area contributed by atoms with E-state index in [0.717, 1.165) is 36.3 Å². The number of hydrogen-bond donors (Lipinski definition) is 0. The van der Waals surface area contributed by atoms with Crippen LogP contribution in [0.25, 0.3) is 11.1 Å². The number of carbonyl (C=O) groups is 2. The molecular formula is C20H23N3O3S. The van der Waals surface area contributed by atoms with Gasteiger partial charge < -0.3 is 14.2 Å². The molecule has 6 nitrogen and oxygen atoms in total. The van der Waals surface area contributed by atoms with Crippen LogP contribution in [0.1, 0.15) is 44.4 Å². The molecule has 0 radical (unpaired) electrons. The number of oxazole rings is 1. The van der Waals surface area contributed by atoms with Crippen LogP contribution < -0.4 is 0 Å². The molecule has 0 bridgehead atoms. The quantitative estimate of drug-likeness (QED) is 0.795. The average Bonchev–Trinajstić information content (AvgIpc) is 3.34. The van der Waals surface area contributed by atoms with Crippen LogP contribution in [-0.2, 0) is 9.59 Å². The number of aromatic nitrogens is 1. The second-order valence-electron chi connectivity index (χ2n) is 7.88. The molecule has 2 unspecified atom stereocenters. The molecule has 3 aliphatic heterocycles. The van der Waals surface area contributed by atoms with Crippen LogP contribution in [0.5, 0.6) is 0 Å². The first kappa shape index (κ1) is 17.1. The Morgan fingerprint density at radius 1 is 1.30 bits per heavy atom. The second kappa shape index (κ2) is 6.26. The highest BCUT2D eigenvalue weighted by Gasteiger charge is 2.53. The molecule has 0 saturated carbocycles. The van der Waals surface area contributed by atoms with Gasteiger partial charge in [-0.3, -0.25) is 9.59 Å². The third kappa shape index (κ3) is 2.74. The molecule has 0 N–H and O–H groups in total. The van der Waals surface area contributed by atoms with Crippen LogP contribution >= 0.6 is 11.8 Å². The van der Waals surface area contributed by atoms with Crippen molar-refractivity contribution in [3.8, 4) is 0 Å². The normalized spacial score (nSPS) is 28.9. The van der Waals surface area contributed by atoms with Crippen LogP contribution in [0.4, 0.5) is 0 Å². The first-order chi connectivity index (χ1) is 13.0. The molecule has 2 amide bonds. The van der Waals surface area contributed by atoms with Crippen molar-refractivity contribution in [3.05, 3.63) is 30.2 Å². The number of para-hydroxylation sites is 2. The van der Waals surface area contributed by atoms with Gasteiger partial charge in [0.1, 0.15) is 11.6 Å². The number of benzene rings is 1. The Kier molecular flexibility index (Phi) is 3.96. The van der Waals surface area contributed by atoms with Gasteiger partial charge in [-0.1, -0.05) is 12.1 Å². The standard InChI is InChI=1S/C20H23N3O3S/c1-20-9-6-17(24)23(20)15(12-27-20)19(25)22-10-7-13(8-11-22)18-21-14-4-2-3-5-16(14)26-18/h2-5,13,15H,6-12H2,1H3. The van der Waals surface area contributed by atoms with Gasteiger partial charge in [0.2, 0.25) is 11.8 Å². The maximum atomic E-state index is 13.1. The first-order valence-corrected chi connectivity index (χ1v) is 10.6. The van der Waals surface area contributed by atoms with E-state index in [9.17, 15) is 9.59 Å². The van der Waals surface area contributed by atoms with E-state index >= 15 is 0 Å². The SMILES string of the molecule is CC12CCC(=O)N1C(C(=O)N1CCC(c3nc4ccccc4o3)CC1)CS2. The predicted molar refractivity (Wildman–Crippen MR) is 103 cm³/mol. The number of thioether (sulfide) groups is 1. The lowest BCUT2D eigenvalue weighted by Crippen LogP contribution is -2.52. The van der Waals surface area contributed by atoms with Gasteiger partial charge in [-0.25, -0.2) is 4.98 Å². The molecule has 27 heavy (non-hydrogen) atoms. The lowest BCUT2D eigenvalue weighted by atomic mass is 9.96. The number of likely N-dealkylation sites (tertiary alicyclic amines) is 1. The smallest absolute Gasteiger partial charge is 0.246 e. The molecule has 4 heterocycles. The molecule has 0 aliphatic carbocycles. The van der Waals surface area contributed by atoms with Gasteiger partial charge in [-0.2, -0.15) is 0 Å². The van der Waals surface area contributed by atoms with Crippen molar-refractivity contribution in [1.29, 1.82) is 0 Å². The highest BCUT2D eigenvalue weighted by Crippen LogP contribution is 2.47. The fourth-order valence-corrected chi connectivity index (χ4v) is 6.05. The summed E-state index contributed by atoms with van der Waals surface area (Å²) in [5.74, 6) is 1.98. The van der Waals surface area contributed by atoms with E-state index in [4.69, 9.17) is 4.42 Å². The van der Waals surface area contributed by atoms with Gasteiger partial charge >= 0.3 is 0 Å². The Bertz CT molecular complexity index is 872. The number of carbonyl (C=O) groups excluding carboxylic acids is 2. The van der Waals surface area contributed by atoms with Crippen molar-refractivity contribution in [2.24, 2.45) is 0 Å². The van der Waals surface area contributed by atoms with E-state index in [-0.39, 0.29) is 28.6 Å². The zero-order chi connectivity index (χ0) is 18.6. The highest BCUT2D eigenvalue weighted by atomic mass is 32.2. The van der Waals surface area contributed by atoms with E-state index in [1.807, 2.05) is 34.1 Å². The zero-order valence-electron chi connectivity index (χ0n) is 15.4. The molecule has 3 aliphatic rings. The summed E-state index contributed by atoms with van der Waals surface area (Å²) in [4.78, 5) is 33.6. The fourth-order valence-electron chi connectivity index (χ4n) is 4.63. The topological polar surface area (TPSA) is 66.7 Å². The van der Waals surface area contributed by atoms with Gasteiger partial charge in [-0.05, 0) is 38.3 Å². The number of fused-ring (bicyclic) bond motifs is 2. The lowest BCUT2D eigenvalue weighted by Gasteiger charge is -2.36. The first-order valence-electron chi connectivity index (χ1n) is 9.65. The summed E-state index contributed by atoms with van der Waals surface area (Å²) in [6.07, 6.45) is 3.11. The zero-order valence-corrected chi connectivity index (χ0v) is 16.2. The summed E-state index contributed by atoms with van der Waals surface area (Å²) in [5, 5.41) is 0. The maximum Gasteiger partial charge on any atom is 0.246 e. The Morgan fingerprint density at radius 3 is 2.85 bits per heavy atom. The molecule has 2 aromatic rings. The number of amides is 2. The van der Waals surface area contributed by atoms with Crippen LogP contribution in [0.3, 0.4) is 0 Å². The third-order valence-corrected chi connectivity index (χ3v) is 7.70. The van der Waals surface area contributed by atoms with Gasteiger partial charge in [0, 0.05) is 31.2 Å². The summed E-state index contributed by atoms with van der Waals surface area (Å²) in [6, 6.07) is 7.51. The number of piperidine rings is 1. The van der Waals surface area contributed by atoms with E-state index in [1.165, 1.54) is 0 Å². The molecule has 3 fully saturated rings. The number of nitrogens with zero attached hydrogens (tertiary/aromatic N) is 3. The van der Waals surface area contributed by atoms with E-state index in [1.54, 1.807) is 11.8 Å². The second-order valence-corrected chi connectivity index (χ2v) is 9.39. The maximum absolute atomic E-state index is 13.1. The largest absolute Gasteiger partial charge is 0.440 e. The molecule has 0 spiro atoms. The van der Waals surface area contributed by atoms with Crippen molar-refractivity contribution in [1.82, 2.24) is 14.8 Å². The van der Waals surface area contributed by atoms with Crippen molar-refractivity contribution >= 4 is 34.7 Å². The molecule has 1 aromatic heterocycles. The van der Waals surface area contributed by atoms with Crippen LogP contribution in [-0.4, -0.2) is 56.4 Å². The van der Waals surface area contributed by atoms with Gasteiger partial charge in [0.25, 0.3) is 0 Å². The minimum Gasteiger partial charge on any atom is -0.440 e. The summed E-state index contributed by atoms with van der Waals surface area (Å²) in [7, 11) is 0. The molecule has 5 rings (SSSR count). The third-order valence-electron chi connectivity index (χ3n) is 6.20. The predicted octanol–water partition coefficient (Wildman–Crippen LogP) is 2.99. The van der Waals surface area contributed by atoms with Crippen LogP contribution in [0.2, 0.25) is 0 Å². The Labute approximate surface area is 162 Å². The van der Waals surface area contributed by atoms with Crippen molar-refractivity contribution in [2.75, 3.05) is 18.8 Å². The van der Waals surface area contributed by atoms with E-state index < -0.39 is 0 Å². The summed E-state index contributed by atoms with van der Waals surface area (Å²) in [5.41, 5.74) is 1.71. The lowest BCUT2D eigenvalue weighted by molar-refractivity contribution is -0.144. The molecule has 142 valence electrons. The molecule has 7 heteroatoms. The highest BCUT2D eigenvalue weighted by molar-refractivity contribution is 8.01. The summed E-state index contributed by atoms with van der Waals surface area (Å²) >= 11 is 1.75. The average molecular weight is 385 g/mol. The van der Waals surface area contributed by atoms with E-state index in [0.29, 0.717) is 25.3 Å². The van der Waals surface area contributed by atoms with Crippen molar-refractivity contribution in [3.63, 3.8) is 0 Å². The van der Waals surface area contributed by atoms with Gasteiger partial charge in [-0.15, -0.1) is 11.8 Å². The number of rotatable bonds is 2. The Morgan fingerprint density at radius 2 is 2.07 bits per heavy atom. The molecule has 2 atom stereocenters. The van der Waals surface area contributed by atoms with Crippen LogP contribution in [0, 0.1) is 0 Å². The Balaban J connectivity index is 1.26. The molecular weight excluding hydrogens is 362 g/mol. The van der Waals surface area contributed by atoms with Crippen molar-refractivity contribution in [2.45, 2.75) is 49.4 Å². The monoisotopic (exact) mass is 385 g/mol. The summed E-state index contributed by atoms with van der Waals surface area (Å²) in [6.45, 7) is 3.49. The van der Waals surface area contributed by atoms with Crippen molar-refractivity contribution < 1.29 is 14.0 Å².